The number of nitrogens with one attached hydrogen (secondary N) is 2. The van der Waals surface area contributed by atoms with Crippen LogP contribution in [0.1, 0.15) is 21.5 Å². The topological polar surface area (TPSA) is 56.7 Å². The molecule has 5 nitrogen and oxygen atoms in total. The summed E-state index contributed by atoms with van der Waals surface area (Å²) < 4.78 is 13.1. The standard InChI is InChI=1S/C21H26ClFN4O/c1-24-21(26-12-10-16-7-8-18(23)14-19(16)22)25-11-9-15-5-4-6-17(13-15)20(28)27(2)3/h4-8,13-14H,9-12H2,1-3H3,(H2,24,25,26). The second kappa shape index (κ2) is 10.7. The van der Waals surface area contributed by atoms with Crippen LogP contribution in [0.15, 0.2) is 47.5 Å². The van der Waals surface area contributed by atoms with Gasteiger partial charge in [-0.25, -0.2) is 4.39 Å². The number of guanidine groups is 1. The average molecular weight is 405 g/mol. The summed E-state index contributed by atoms with van der Waals surface area (Å²) in [5.41, 5.74) is 2.64. The van der Waals surface area contributed by atoms with Crippen molar-refractivity contribution in [2.24, 2.45) is 4.99 Å². The van der Waals surface area contributed by atoms with Crippen LogP contribution in [0.2, 0.25) is 5.02 Å². The Hall–Kier alpha value is -2.60. The Labute approximate surface area is 170 Å². The van der Waals surface area contributed by atoms with Gasteiger partial charge in [0, 0.05) is 44.8 Å². The van der Waals surface area contributed by atoms with Crippen LogP contribution in [-0.2, 0) is 12.8 Å². The quantitative estimate of drug-likeness (QED) is 0.550. The zero-order chi connectivity index (χ0) is 20.5. The van der Waals surface area contributed by atoms with E-state index in [1.807, 2.05) is 24.3 Å². The van der Waals surface area contributed by atoms with Crippen LogP contribution in [0.3, 0.4) is 0 Å². The fourth-order valence-corrected chi connectivity index (χ4v) is 2.97. The normalized spacial score (nSPS) is 11.2. The molecule has 2 aromatic rings. The summed E-state index contributed by atoms with van der Waals surface area (Å²) in [7, 11) is 5.19. The number of carbonyl (C=O) groups excluding carboxylic acids is 1. The SMILES string of the molecule is CN=C(NCCc1cccc(C(=O)N(C)C)c1)NCCc1ccc(F)cc1Cl. The highest BCUT2D eigenvalue weighted by atomic mass is 35.5. The Bertz CT molecular complexity index is 839. The molecule has 1 amide bonds. The Morgan fingerprint density at radius 2 is 1.82 bits per heavy atom. The first-order valence-corrected chi connectivity index (χ1v) is 9.47. The zero-order valence-electron chi connectivity index (χ0n) is 16.4. The van der Waals surface area contributed by atoms with Crippen molar-refractivity contribution in [2.75, 3.05) is 34.2 Å². The molecule has 0 bridgehead atoms. The maximum absolute atomic E-state index is 13.1. The summed E-state index contributed by atoms with van der Waals surface area (Å²) in [4.78, 5) is 17.8. The summed E-state index contributed by atoms with van der Waals surface area (Å²) in [6.07, 6.45) is 1.42. The number of halogens is 2. The Morgan fingerprint density at radius 3 is 2.46 bits per heavy atom. The van der Waals surface area contributed by atoms with Crippen LogP contribution >= 0.6 is 11.6 Å². The largest absolute Gasteiger partial charge is 0.356 e. The summed E-state index contributed by atoms with van der Waals surface area (Å²) in [6, 6.07) is 12.0. The molecule has 0 unspecified atom stereocenters. The van der Waals surface area contributed by atoms with E-state index in [0.717, 1.165) is 17.5 Å². The summed E-state index contributed by atoms with van der Waals surface area (Å²) >= 11 is 6.04. The third kappa shape index (κ3) is 6.53. The van der Waals surface area contributed by atoms with E-state index in [1.165, 1.54) is 12.1 Å². The van der Waals surface area contributed by atoms with E-state index in [-0.39, 0.29) is 11.7 Å². The van der Waals surface area contributed by atoms with Gasteiger partial charge in [0.05, 0.1) is 0 Å². The number of amides is 1. The number of hydrogen-bond acceptors (Lipinski definition) is 2. The second-order valence-electron chi connectivity index (χ2n) is 6.56. The molecule has 2 aromatic carbocycles. The molecule has 0 atom stereocenters. The van der Waals surface area contributed by atoms with Gasteiger partial charge >= 0.3 is 0 Å². The molecule has 2 rings (SSSR count). The van der Waals surface area contributed by atoms with Crippen LogP contribution in [0.25, 0.3) is 0 Å². The van der Waals surface area contributed by atoms with Gasteiger partial charge in [-0.3, -0.25) is 9.79 Å². The monoisotopic (exact) mass is 404 g/mol. The predicted molar refractivity (Wildman–Crippen MR) is 113 cm³/mol. The number of nitrogens with zero attached hydrogens (tertiary/aromatic N) is 2. The van der Waals surface area contributed by atoms with Gasteiger partial charge in [0.1, 0.15) is 5.82 Å². The van der Waals surface area contributed by atoms with E-state index in [0.29, 0.717) is 36.1 Å². The molecular formula is C21H26ClFN4O. The summed E-state index contributed by atoms with van der Waals surface area (Å²) in [5.74, 6) is 0.334. The van der Waals surface area contributed by atoms with E-state index < -0.39 is 0 Å². The molecule has 2 N–H and O–H groups in total. The van der Waals surface area contributed by atoms with E-state index in [1.54, 1.807) is 32.1 Å². The maximum atomic E-state index is 13.1. The van der Waals surface area contributed by atoms with Crippen molar-refractivity contribution in [3.8, 4) is 0 Å². The highest BCUT2D eigenvalue weighted by Gasteiger charge is 2.08. The Morgan fingerprint density at radius 1 is 1.11 bits per heavy atom. The fraction of sp³-hybridized carbons (Fsp3) is 0.333. The minimum absolute atomic E-state index is 0.00765. The van der Waals surface area contributed by atoms with Crippen molar-refractivity contribution >= 4 is 23.5 Å². The molecule has 0 aromatic heterocycles. The molecule has 0 aliphatic rings. The third-order valence-electron chi connectivity index (χ3n) is 4.21. The van der Waals surface area contributed by atoms with Gasteiger partial charge in [0.15, 0.2) is 5.96 Å². The molecule has 0 saturated carbocycles. The van der Waals surface area contributed by atoms with Gasteiger partial charge in [0.25, 0.3) is 5.91 Å². The minimum atomic E-state index is -0.337. The van der Waals surface area contributed by atoms with E-state index in [4.69, 9.17) is 11.6 Å². The maximum Gasteiger partial charge on any atom is 0.253 e. The molecule has 0 aliphatic carbocycles. The zero-order valence-corrected chi connectivity index (χ0v) is 17.2. The second-order valence-corrected chi connectivity index (χ2v) is 6.97. The molecule has 0 aliphatic heterocycles. The first-order valence-electron chi connectivity index (χ1n) is 9.09. The van der Waals surface area contributed by atoms with Crippen LogP contribution in [0.5, 0.6) is 0 Å². The molecule has 0 saturated heterocycles. The van der Waals surface area contributed by atoms with Crippen molar-refractivity contribution in [2.45, 2.75) is 12.8 Å². The molecule has 0 spiro atoms. The first kappa shape index (κ1) is 21.7. The lowest BCUT2D eigenvalue weighted by atomic mass is 10.1. The van der Waals surface area contributed by atoms with Gasteiger partial charge < -0.3 is 15.5 Å². The predicted octanol–water partition coefficient (Wildman–Crippen LogP) is 3.13. The van der Waals surface area contributed by atoms with Crippen LogP contribution in [0.4, 0.5) is 4.39 Å². The average Bonchev–Trinajstić information content (AvgIpc) is 2.67. The van der Waals surface area contributed by atoms with Gasteiger partial charge in [-0.05, 0) is 48.2 Å². The van der Waals surface area contributed by atoms with Crippen molar-refractivity contribution in [1.82, 2.24) is 15.5 Å². The highest BCUT2D eigenvalue weighted by molar-refractivity contribution is 6.31. The lowest BCUT2D eigenvalue weighted by Crippen LogP contribution is -2.39. The first-order chi connectivity index (χ1) is 13.4. The van der Waals surface area contributed by atoms with Crippen LogP contribution in [-0.4, -0.2) is 51.0 Å². The third-order valence-corrected chi connectivity index (χ3v) is 4.56. The molecule has 0 radical (unpaired) electrons. The van der Waals surface area contributed by atoms with Gasteiger partial charge in [-0.15, -0.1) is 0 Å². The molecule has 7 heteroatoms. The van der Waals surface area contributed by atoms with Crippen molar-refractivity contribution in [1.29, 1.82) is 0 Å². The molecular weight excluding hydrogens is 379 g/mol. The lowest BCUT2D eigenvalue weighted by molar-refractivity contribution is 0.0827. The summed E-state index contributed by atoms with van der Waals surface area (Å²) in [6.45, 7) is 1.30. The Balaban J connectivity index is 1.79. The number of hydrogen-bond donors (Lipinski definition) is 2. The molecule has 150 valence electrons. The fourth-order valence-electron chi connectivity index (χ4n) is 2.70. The van der Waals surface area contributed by atoms with Gasteiger partial charge in [-0.2, -0.15) is 0 Å². The van der Waals surface area contributed by atoms with E-state index in [2.05, 4.69) is 15.6 Å². The van der Waals surface area contributed by atoms with Gasteiger partial charge in [-0.1, -0.05) is 29.8 Å². The molecule has 0 fully saturated rings. The number of carbonyl (C=O) groups is 1. The smallest absolute Gasteiger partial charge is 0.253 e. The summed E-state index contributed by atoms with van der Waals surface area (Å²) in [5, 5.41) is 6.89. The van der Waals surface area contributed by atoms with Crippen molar-refractivity contribution in [3.05, 3.63) is 70.0 Å². The van der Waals surface area contributed by atoms with E-state index in [9.17, 15) is 9.18 Å². The number of aliphatic imine (C=N–C) groups is 1. The van der Waals surface area contributed by atoms with Gasteiger partial charge in [0.2, 0.25) is 0 Å². The Kier molecular flexibility index (Phi) is 8.26. The highest BCUT2D eigenvalue weighted by Crippen LogP contribution is 2.17. The lowest BCUT2D eigenvalue weighted by Gasteiger charge is -2.13. The van der Waals surface area contributed by atoms with Crippen molar-refractivity contribution in [3.63, 3.8) is 0 Å². The van der Waals surface area contributed by atoms with Crippen molar-refractivity contribution < 1.29 is 9.18 Å². The van der Waals surface area contributed by atoms with Crippen LogP contribution < -0.4 is 10.6 Å². The minimum Gasteiger partial charge on any atom is -0.356 e. The number of benzene rings is 2. The molecule has 28 heavy (non-hydrogen) atoms. The number of rotatable bonds is 7. The van der Waals surface area contributed by atoms with Crippen LogP contribution in [0, 0.1) is 5.82 Å². The van der Waals surface area contributed by atoms with E-state index >= 15 is 0 Å². The molecule has 0 heterocycles.